The normalized spacial score (nSPS) is 30.4. The molecule has 2 atom stereocenters. The van der Waals surface area contributed by atoms with Crippen LogP contribution in [0.5, 0.6) is 0 Å². The summed E-state index contributed by atoms with van der Waals surface area (Å²) in [5, 5.41) is 3.66. The zero-order valence-electron chi connectivity index (χ0n) is 9.78. The van der Waals surface area contributed by atoms with Crippen LogP contribution in [-0.2, 0) is 4.74 Å². The van der Waals surface area contributed by atoms with Gasteiger partial charge in [-0.3, -0.25) is 0 Å². The van der Waals surface area contributed by atoms with Crippen LogP contribution in [-0.4, -0.2) is 54.8 Å². The van der Waals surface area contributed by atoms with Crippen molar-refractivity contribution in [3.63, 3.8) is 0 Å². The zero-order valence-corrected chi connectivity index (χ0v) is 10.6. The number of piperidine rings is 1. The Kier molecular flexibility index (Phi) is 4.35. The number of nitrogens with zero attached hydrogens (tertiary/aromatic N) is 1. The lowest BCUT2D eigenvalue weighted by Gasteiger charge is -2.33. The molecule has 2 rings (SSSR count). The summed E-state index contributed by atoms with van der Waals surface area (Å²) in [5.74, 6) is 2.49. The third-order valence-corrected chi connectivity index (χ3v) is 4.42. The number of likely N-dealkylation sites (tertiary alicyclic amines) is 1. The summed E-state index contributed by atoms with van der Waals surface area (Å²) in [6.07, 6.45) is 3.33. The molecule has 2 aliphatic heterocycles. The molecule has 0 radical (unpaired) electrons. The van der Waals surface area contributed by atoms with Crippen LogP contribution in [0.3, 0.4) is 0 Å². The summed E-state index contributed by atoms with van der Waals surface area (Å²) >= 11 is 2.01. The fraction of sp³-hybridized carbons (Fsp3) is 0.909. The highest BCUT2D eigenvalue weighted by atomic mass is 32.2. The van der Waals surface area contributed by atoms with Crippen molar-refractivity contribution >= 4 is 17.9 Å². The van der Waals surface area contributed by atoms with Crippen molar-refractivity contribution in [1.82, 2.24) is 10.2 Å². The maximum atomic E-state index is 11.4. The molecule has 2 fully saturated rings. The van der Waals surface area contributed by atoms with Gasteiger partial charge in [-0.2, -0.15) is 11.8 Å². The number of ether oxygens (including phenoxy) is 1. The number of amides is 1. The van der Waals surface area contributed by atoms with E-state index in [-0.39, 0.29) is 6.09 Å². The average molecular weight is 244 g/mol. The summed E-state index contributed by atoms with van der Waals surface area (Å²) in [6.45, 7) is 1.64. The molecule has 0 aromatic heterocycles. The monoisotopic (exact) mass is 244 g/mol. The van der Waals surface area contributed by atoms with Gasteiger partial charge in [-0.1, -0.05) is 0 Å². The van der Waals surface area contributed by atoms with Gasteiger partial charge in [-0.05, 0) is 25.0 Å². The van der Waals surface area contributed by atoms with Crippen molar-refractivity contribution in [3.8, 4) is 0 Å². The minimum absolute atomic E-state index is 0.188. The number of carbonyl (C=O) groups is 1. The summed E-state index contributed by atoms with van der Waals surface area (Å²) < 4.78 is 4.76. The van der Waals surface area contributed by atoms with Crippen molar-refractivity contribution in [3.05, 3.63) is 0 Å². The maximum absolute atomic E-state index is 11.4. The van der Waals surface area contributed by atoms with Crippen LogP contribution in [0, 0.1) is 0 Å². The lowest BCUT2D eigenvalue weighted by atomic mass is 10.0. The van der Waals surface area contributed by atoms with Crippen molar-refractivity contribution in [2.75, 3.05) is 31.7 Å². The van der Waals surface area contributed by atoms with Crippen LogP contribution in [0.25, 0.3) is 0 Å². The Labute approximate surface area is 101 Å². The minimum Gasteiger partial charge on any atom is -0.453 e. The van der Waals surface area contributed by atoms with Crippen molar-refractivity contribution in [2.24, 2.45) is 0 Å². The Morgan fingerprint density at radius 1 is 1.44 bits per heavy atom. The standard InChI is InChI=1S/C11H20N2O2S/c1-15-11(14)13-5-2-3-9(7-13)12-10-4-6-16-8-10/h9-10,12H,2-8H2,1H3. The number of carbonyl (C=O) groups excluding carboxylic acids is 1. The molecule has 0 aliphatic carbocycles. The Balaban J connectivity index is 1.79. The maximum Gasteiger partial charge on any atom is 0.409 e. The fourth-order valence-electron chi connectivity index (χ4n) is 2.41. The molecule has 0 saturated carbocycles. The van der Waals surface area contributed by atoms with E-state index in [1.165, 1.54) is 31.5 Å². The highest BCUT2D eigenvalue weighted by Gasteiger charge is 2.26. The molecule has 2 heterocycles. The van der Waals surface area contributed by atoms with Gasteiger partial charge in [0.2, 0.25) is 0 Å². The largest absolute Gasteiger partial charge is 0.453 e. The van der Waals surface area contributed by atoms with Crippen LogP contribution in [0.1, 0.15) is 19.3 Å². The Morgan fingerprint density at radius 3 is 3.00 bits per heavy atom. The summed E-state index contributed by atoms with van der Waals surface area (Å²) in [4.78, 5) is 13.2. The van der Waals surface area contributed by atoms with Crippen LogP contribution < -0.4 is 5.32 Å². The number of rotatable bonds is 2. The number of hydrogen-bond acceptors (Lipinski definition) is 4. The van der Waals surface area contributed by atoms with Crippen LogP contribution in [0.15, 0.2) is 0 Å². The van der Waals surface area contributed by atoms with Gasteiger partial charge in [0.1, 0.15) is 0 Å². The van der Waals surface area contributed by atoms with E-state index >= 15 is 0 Å². The van der Waals surface area contributed by atoms with E-state index in [4.69, 9.17) is 4.74 Å². The third-order valence-electron chi connectivity index (χ3n) is 3.26. The van der Waals surface area contributed by atoms with Gasteiger partial charge >= 0.3 is 6.09 Å². The van der Waals surface area contributed by atoms with E-state index < -0.39 is 0 Å². The molecule has 0 spiro atoms. The van der Waals surface area contributed by atoms with Crippen molar-refractivity contribution in [1.29, 1.82) is 0 Å². The molecule has 2 aliphatic rings. The van der Waals surface area contributed by atoms with E-state index in [0.29, 0.717) is 12.1 Å². The predicted octanol–water partition coefficient (Wildman–Crippen LogP) is 1.31. The molecule has 5 heteroatoms. The molecule has 0 aromatic rings. The Morgan fingerprint density at radius 2 is 2.31 bits per heavy atom. The zero-order chi connectivity index (χ0) is 11.4. The second-order valence-electron chi connectivity index (χ2n) is 4.48. The summed E-state index contributed by atoms with van der Waals surface area (Å²) in [5.41, 5.74) is 0. The molecule has 0 aromatic carbocycles. The first kappa shape index (κ1) is 12.0. The summed E-state index contributed by atoms with van der Waals surface area (Å²) in [6, 6.07) is 1.10. The van der Waals surface area contributed by atoms with Crippen LogP contribution >= 0.6 is 11.8 Å². The Hall–Kier alpha value is -0.420. The quantitative estimate of drug-likeness (QED) is 0.795. The number of hydrogen-bond donors (Lipinski definition) is 1. The van der Waals surface area contributed by atoms with Gasteiger partial charge in [0, 0.05) is 30.9 Å². The topological polar surface area (TPSA) is 41.6 Å². The number of thioether (sulfide) groups is 1. The average Bonchev–Trinajstić information content (AvgIpc) is 2.81. The molecular weight excluding hydrogens is 224 g/mol. The minimum atomic E-state index is -0.188. The highest BCUT2D eigenvalue weighted by molar-refractivity contribution is 7.99. The van der Waals surface area contributed by atoms with Gasteiger partial charge in [0.25, 0.3) is 0 Å². The highest BCUT2D eigenvalue weighted by Crippen LogP contribution is 2.19. The molecule has 4 nitrogen and oxygen atoms in total. The third kappa shape index (κ3) is 3.04. The molecule has 2 unspecified atom stereocenters. The molecule has 16 heavy (non-hydrogen) atoms. The first-order chi connectivity index (χ1) is 7.79. The van der Waals surface area contributed by atoms with E-state index in [0.717, 1.165) is 19.5 Å². The molecule has 92 valence electrons. The van der Waals surface area contributed by atoms with Gasteiger partial charge in [0.05, 0.1) is 7.11 Å². The van der Waals surface area contributed by atoms with Gasteiger partial charge in [-0.15, -0.1) is 0 Å². The first-order valence-corrected chi connectivity index (χ1v) is 7.11. The second kappa shape index (κ2) is 5.77. The molecular formula is C11H20N2O2S. The summed E-state index contributed by atoms with van der Waals surface area (Å²) in [7, 11) is 1.45. The van der Waals surface area contributed by atoms with E-state index in [9.17, 15) is 4.79 Å². The van der Waals surface area contributed by atoms with Gasteiger partial charge in [-0.25, -0.2) is 4.79 Å². The predicted molar refractivity (Wildman–Crippen MR) is 65.9 cm³/mol. The van der Waals surface area contributed by atoms with Crippen molar-refractivity contribution < 1.29 is 9.53 Å². The molecule has 0 bridgehead atoms. The lowest BCUT2D eigenvalue weighted by molar-refractivity contribution is 0.106. The Bertz CT molecular complexity index is 244. The lowest BCUT2D eigenvalue weighted by Crippen LogP contribution is -2.50. The van der Waals surface area contributed by atoms with Crippen molar-refractivity contribution in [2.45, 2.75) is 31.3 Å². The number of nitrogens with one attached hydrogen (secondary N) is 1. The fourth-order valence-corrected chi connectivity index (χ4v) is 3.57. The second-order valence-corrected chi connectivity index (χ2v) is 5.63. The SMILES string of the molecule is COC(=O)N1CCCC(NC2CCSC2)C1. The first-order valence-electron chi connectivity index (χ1n) is 5.96. The molecule has 1 amide bonds. The van der Waals surface area contributed by atoms with Crippen LogP contribution in [0.4, 0.5) is 4.79 Å². The number of methoxy groups -OCH3 is 1. The van der Waals surface area contributed by atoms with Gasteiger partial charge in [0.15, 0.2) is 0 Å². The van der Waals surface area contributed by atoms with Crippen LogP contribution in [0.2, 0.25) is 0 Å². The molecule has 2 saturated heterocycles. The van der Waals surface area contributed by atoms with E-state index in [2.05, 4.69) is 5.32 Å². The van der Waals surface area contributed by atoms with E-state index in [1.807, 2.05) is 16.7 Å². The van der Waals surface area contributed by atoms with E-state index in [1.54, 1.807) is 0 Å². The molecule has 1 N–H and O–H groups in total. The van der Waals surface area contributed by atoms with Gasteiger partial charge < -0.3 is 15.0 Å². The smallest absolute Gasteiger partial charge is 0.409 e.